The fraction of sp³-hybridized carbons (Fsp3) is 0.720. The molecule has 0 aliphatic heterocycles. The molecule has 28 heavy (non-hydrogen) atoms. The molecule has 0 radical (unpaired) electrons. The van der Waals surface area contributed by atoms with Gasteiger partial charge in [0.15, 0.2) is 0 Å². The van der Waals surface area contributed by atoms with E-state index < -0.39 is 0 Å². The molecular weight excluding hydrogens is 348 g/mol. The van der Waals surface area contributed by atoms with Gasteiger partial charge in [0.25, 0.3) is 0 Å². The van der Waals surface area contributed by atoms with Gasteiger partial charge in [-0.05, 0) is 68.7 Å². The fourth-order valence-corrected chi connectivity index (χ4v) is 4.21. The van der Waals surface area contributed by atoms with Crippen LogP contribution in [0.1, 0.15) is 102 Å². The summed E-state index contributed by atoms with van der Waals surface area (Å²) in [6.07, 6.45) is 13.7. The molecule has 0 bridgehead atoms. The van der Waals surface area contributed by atoms with Gasteiger partial charge < -0.3 is 9.47 Å². The van der Waals surface area contributed by atoms with Gasteiger partial charge in [0.2, 0.25) is 0 Å². The topological polar surface area (TPSA) is 35.5 Å². The normalized spacial score (nSPS) is 20.5. The molecule has 3 unspecified atom stereocenters. The van der Waals surface area contributed by atoms with E-state index in [9.17, 15) is 4.79 Å². The smallest absolute Gasteiger partial charge is 0.338 e. The number of hydrogen-bond donors (Lipinski definition) is 0. The van der Waals surface area contributed by atoms with E-state index in [1.807, 2.05) is 31.2 Å². The van der Waals surface area contributed by atoms with Crippen LogP contribution in [0.4, 0.5) is 0 Å². The lowest BCUT2D eigenvalue weighted by Crippen LogP contribution is -2.17. The van der Waals surface area contributed by atoms with Crippen LogP contribution in [0.3, 0.4) is 0 Å². The van der Waals surface area contributed by atoms with E-state index in [0.29, 0.717) is 5.56 Å². The summed E-state index contributed by atoms with van der Waals surface area (Å²) >= 11 is 0. The summed E-state index contributed by atoms with van der Waals surface area (Å²) < 4.78 is 11.4. The van der Waals surface area contributed by atoms with E-state index >= 15 is 0 Å². The van der Waals surface area contributed by atoms with Gasteiger partial charge in [-0.25, -0.2) is 4.79 Å². The van der Waals surface area contributed by atoms with Gasteiger partial charge in [-0.15, -0.1) is 0 Å². The largest absolute Gasteiger partial charge is 0.494 e. The molecular formula is C25H40O3. The van der Waals surface area contributed by atoms with Crippen LogP contribution in [0.5, 0.6) is 5.75 Å². The third-order valence-electron chi connectivity index (χ3n) is 6.14. The van der Waals surface area contributed by atoms with Crippen LogP contribution >= 0.6 is 0 Å². The zero-order valence-corrected chi connectivity index (χ0v) is 18.3. The number of rotatable bonds is 12. The summed E-state index contributed by atoms with van der Waals surface area (Å²) in [5, 5.41) is 0. The van der Waals surface area contributed by atoms with Crippen LogP contribution in [0.2, 0.25) is 0 Å². The van der Waals surface area contributed by atoms with E-state index in [-0.39, 0.29) is 12.1 Å². The van der Waals surface area contributed by atoms with E-state index in [1.54, 1.807) is 0 Å². The van der Waals surface area contributed by atoms with Crippen molar-refractivity contribution in [1.82, 2.24) is 0 Å². The summed E-state index contributed by atoms with van der Waals surface area (Å²) in [6, 6.07) is 7.38. The minimum atomic E-state index is -0.235. The number of unbranched alkanes of at least 4 members (excludes halogenated alkanes) is 3. The molecule has 1 aliphatic rings. The summed E-state index contributed by atoms with van der Waals surface area (Å²) in [6.45, 7) is 7.33. The molecule has 0 aromatic heterocycles. The minimum absolute atomic E-state index is 0.0255. The van der Waals surface area contributed by atoms with Crippen LogP contribution < -0.4 is 4.74 Å². The van der Waals surface area contributed by atoms with Crippen LogP contribution in [0.15, 0.2) is 24.3 Å². The lowest BCUT2D eigenvalue weighted by Gasteiger charge is -2.28. The molecule has 1 aromatic carbocycles. The lowest BCUT2D eigenvalue weighted by atomic mass is 9.78. The molecule has 1 fully saturated rings. The molecule has 3 nitrogen and oxygen atoms in total. The van der Waals surface area contributed by atoms with Crippen molar-refractivity contribution < 1.29 is 14.3 Å². The Bertz CT molecular complexity index is 551. The Morgan fingerprint density at radius 2 is 1.82 bits per heavy atom. The van der Waals surface area contributed by atoms with E-state index in [1.165, 1.54) is 51.4 Å². The maximum atomic E-state index is 12.3. The molecule has 3 atom stereocenters. The molecule has 158 valence electrons. The molecule has 1 saturated carbocycles. The maximum absolute atomic E-state index is 12.3. The van der Waals surface area contributed by atoms with E-state index in [2.05, 4.69) is 13.8 Å². The third kappa shape index (κ3) is 8.24. The number of carbonyl (C=O) groups excluding carboxylic acids is 1. The molecule has 1 aromatic rings. The summed E-state index contributed by atoms with van der Waals surface area (Å²) in [5.74, 6) is 2.34. The molecule has 0 amide bonds. The molecule has 0 N–H and O–H groups in total. The van der Waals surface area contributed by atoms with Crippen LogP contribution in [0.25, 0.3) is 0 Å². The fourth-order valence-electron chi connectivity index (χ4n) is 4.21. The number of ether oxygens (including phenoxy) is 2. The molecule has 0 spiro atoms. The summed E-state index contributed by atoms with van der Waals surface area (Å²) in [5.41, 5.74) is 0.601. The first kappa shape index (κ1) is 22.8. The second-order valence-electron chi connectivity index (χ2n) is 8.60. The summed E-state index contributed by atoms with van der Waals surface area (Å²) in [7, 11) is 0. The van der Waals surface area contributed by atoms with Crippen molar-refractivity contribution in [1.29, 1.82) is 0 Å². The zero-order valence-electron chi connectivity index (χ0n) is 18.3. The Kier molecular flexibility index (Phi) is 10.5. The predicted molar refractivity (Wildman–Crippen MR) is 116 cm³/mol. The second kappa shape index (κ2) is 12.9. The molecule has 3 heteroatoms. The van der Waals surface area contributed by atoms with E-state index in [0.717, 1.165) is 43.5 Å². The lowest BCUT2D eigenvalue weighted by molar-refractivity contribution is 0.0319. The minimum Gasteiger partial charge on any atom is -0.494 e. The van der Waals surface area contributed by atoms with Crippen LogP contribution in [-0.4, -0.2) is 18.7 Å². The van der Waals surface area contributed by atoms with Crippen molar-refractivity contribution in [2.24, 2.45) is 11.8 Å². The first-order valence-corrected chi connectivity index (χ1v) is 11.5. The van der Waals surface area contributed by atoms with Gasteiger partial charge in [-0.1, -0.05) is 58.8 Å². The van der Waals surface area contributed by atoms with Crippen LogP contribution in [0, 0.1) is 11.8 Å². The number of benzene rings is 1. The van der Waals surface area contributed by atoms with Gasteiger partial charge in [0, 0.05) is 0 Å². The van der Waals surface area contributed by atoms with Gasteiger partial charge in [-0.3, -0.25) is 0 Å². The van der Waals surface area contributed by atoms with Crippen molar-refractivity contribution in [3.63, 3.8) is 0 Å². The maximum Gasteiger partial charge on any atom is 0.338 e. The highest BCUT2D eigenvalue weighted by atomic mass is 16.5. The highest BCUT2D eigenvalue weighted by molar-refractivity contribution is 5.89. The third-order valence-corrected chi connectivity index (χ3v) is 6.14. The number of hydrogen-bond acceptors (Lipinski definition) is 3. The van der Waals surface area contributed by atoms with Crippen molar-refractivity contribution in [3.05, 3.63) is 29.8 Å². The number of esters is 1. The van der Waals surface area contributed by atoms with E-state index in [4.69, 9.17) is 9.47 Å². The molecule has 1 aliphatic carbocycles. The Morgan fingerprint density at radius 1 is 1.07 bits per heavy atom. The van der Waals surface area contributed by atoms with Crippen molar-refractivity contribution in [2.75, 3.05) is 6.61 Å². The highest BCUT2D eigenvalue weighted by Crippen LogP contribution is 2.32. The van der Waals surface area contributed by atoms with Crippen molar-refractivity contribution >= 4 is 5.97 Å². The quantitative estimate of drug-likeness (QED) is 0.281. The van der Waals surface area contributed by atoms with Crippen molar-refractivity contribution in [2.45, 2.75) is 97.5 Å². The predicted octanol–water partition coefficient (Wildman–Crippen LogP) is 7.19. The van der Waals surface area contributed by atoms with Gasteiger partial charge in [-0.2, -0.15) is 0 Å². The SMILES string of the molecule is CCCCCCC(C)OC(=O)c1ccc(OCCCC2CCCCC2C)cc1. The van der Waals surface area contributed by atoms with Gasteiger partial charge in [0.1, 0.15) is 5.75 Å². The Labute approximate surface area is 172 Å². The number of carbonyl (C=O) groups is 1. The van der Waals surface area contributed by atoms with Crippen LogP contribution in [-0.2, 0) is 4.74 Å². The van der Waals surface area contributed by atoms with Gasteiger partial charge >= 0.3 is 5.97 Å². The molecule has 0 saturated heterocycles. The molecule has 0 heterocycles. The zero-order chi connectivity index (χ0) is 20.2. The Morgan fingerprint density at radius 3 is 2.54 bits per heavy atom. The second-order valence-corrected chi connectivity index (χ2v) is 8.60. The average molecular weight is 389 g/mol. The standard InChI is InChI=1S/C25H40O3/c1-4-5-6-7-12-21(3)28-25(26)23-15-17-24(18-16-23)27-19-10-14-22-13-9-8-11-20(22)2/h15-18,20-22H,4-14,19H2,1-3H3. The summed E-state index contributed by atoms with van der Waals surface area (Å²) in [4.78, 5) is 12.3. The first-order valence-electron chi connectivity index (χ1n) is 11.5. The van der Waals surface area contributed by atoms with Gasteiger partial charge in [0.05, 0.1) is 18.3 Å². The molecule has 2 rings (SSSR count). The Hall–Kier alpha value is -1.51. The Balaban J connectivity index is 1.65. The van der Waals surface area contributed by atoms with Crippen molar-refractivity contribution in [3.8, 4) is 5.75 Å². The first-order chi connectivity index (χ1) is 13.6. The monoisotopic (exact) mass is 388 g/mol. The average Bonchev–Trinajstić information content (AvgIpc) is 2.70. The highest BCUT2D eigenvalue weighted by Gasteiger charge is 2.20.